The fourth-order valence-electron chi connectivity index (χ4n) is 3.33. The first-order valence-electron chi connectivity index (χ1n) is 8.47. The molecule has 21 heavy (non-hydrogen) atoms. The molecule has 0 amide bonds. The lowest BCUT2D eigenvalue weighted by Gasteiger charge is -2.28. The number of nitrogens with one attached hydrogen (secondary N) is 1. The minimum absolute atomic E-state index is 0.454. The smallest absolute Gasteiger partial charge is 0.124 e. The summed E-state index contributed by atoms with van der Waals surface area (Å²) >= 11 is 0. The van der Waals surface area contributed by atoms with Crippen LogP contribution in [-0.2, 0) is 0 Å². The van der Waals surface area contributed by atoms with Crippen molar-refractivity contribution in [3.63, 3.8) is 0 Å². The molecule has 0 aliphatic rings. The van der Waals surface area contributed by atoms with Crippen molar-refractivity contribution >= 4 is 0 Å². The summed E-state index contributed by atoms with van der Waals surface area (Å²) < 4.78 is 5.50. The maximum absolute atomic E-state index is 5.50. The normalized spacial score (nSPS) is 14.0. The third kappa shape index (κ3) is 4.74. The number of hydrogen-bond donors (Lipinski definition) is 1. The predicted molar refractivity (Wildman–Crippen MR) is 92.2 cm³/mol. The molecule has 2 atom stereocenters. The number of aryl methyl sites for hydroxylation is 2. The summed E-state index contributed by atoms with van der Waals surface area (Å²) in [6.45, 7) is 12.1. The van der Waals surface area contributed by atoms with E-state index in [4.69, 9.17) is 4.74 Å². The van der Waals surface area contributed by atoms with E-state index in [-0.39, 0.29) is 0 Å². The zero-order chi connectivity index (χ0) is 15.8. The summed E-state index contributed by atoms with van der Waals surface area (Å²) in [7, 11) is 1.76. The number of unbranched alkanes of at least 4 members (excludes halogenated alkanes) is 1. The van der Waals surface area contributed by atoms with E-state index in [1.54, 1.807) is 7.11 Å². The van der Waals surface area contributed by atoms with Crippen LogP contribution in [0.3, 0.4) is 0 Å². The van der Waals surface area contributed by atoms with Crippen molar-refractivity contribution in [2.24, 2.45) is 5.92 Å². The topological polar surface area (TPSA) is 21.3 Å². The van der Waals surface area contributed by atoms with Crippen molar-refractivity contribution in [1.29, 1.82) is 0 Å². The van der Waals surface area contributed by atoms with E-state index in [0.717, 1.165) is 12.3 Å². The van der Waals surface area contributed by atoms with Gasteiger partial charge in [0.1, 0.15) is 5.75 Å². The van der Waals surface area contributed by atoms with Crippen molar-refractivity contribution in [1.82, 2.24) is 5.32 Å². The van der Waals surface area contributed by atoms with Crippen LogP contribution in [0.25, 0.3) is 0 Å². The molecule has 0 aliphatic carbocycles. The lowest BCUT2D eigenvalue weighted by Crippen LogP contribution is -2.28. The van der Waals surface area contributed by atoms with Gasteiger partial charge in [-0.15, -0.1) is 0 Å². The number of methoxy groups -OCH3 is 1. The van der Waals surface area contributed by atoms with Crippen molar-refractivity contribution in [3.8, 4) is 5.75 Å². The zero-order valence-electron chi connectivity index (χ0n) is 14.8. The van der Waals surface area contributed by atoms with Gasteiger partial charge in [0.15, 0.2) is 0 Å². The highest BCUT2D eigenvalue weighted by Crippen LogP contribution is 2.33. The summed E-state index contributed by atoms with van der Waals surface area (Å²) in [6, 6.07) is 5.05. The largest absolute Gasteiger partial charge is 0.496 e. The standard InChI is InChI=1S/C19H33NO/c1-7-10-11-16(8-2)18(20-9-3)17-12-14(4)19(21-6)15(5)13-17/h12-13,16,18,20H,7-11H2,1-6H3. The fourth-order valence-corrected chi connectivity index (χ4v) is 3.33. The summed E-state index contributed by atoms with van der Waals surface area (Å²) in [5.74, 6) is 1.73. The second-order valence-corrected chi connectivity index (χ2v) is 6.03. The summed E-state index contributed by atoms with van der Waals surface area (Å²) in [5, 5.41) is 3.71. The van der Waals surface area contributed by atoms with Gasteiger partial charge in [-0.2, -0.15) is 0 Å². The second-order valence-electron chi connectivity index (χ2n) is 6.03. The van der Waals surface area contributed by atoms with E-state index in [9.17, 15) is 0 Å². The SMILES string of the molecule is CCCCC(CC)C(NCC)c1cc(C)c(OC)c(C)c1. The highest BCUT2D eigenvalue weighted by atomic mass is 16.5. The average molecular weight is 291 g/mol. The molecule has 120 valence electrons. The van der Waals surface area contributed by atoms with Crippen LogP contribution in [0.5, 0.6) is 5.75 Å². The molecule has 2 heteroatoms. The summed E-state index contributed by atoms with van der Waals surface area (Å²) in [6.07, 6.45) is 5.11. The van der Waals surface area contributed by atoms with Crippen LogP contribution in [0.4, 0.5) is 0 Å². The van der Waals surface area contributed by atoms with Crippen molar-refractivity contribution in [2.75, 3.05) is 13.7 Å². The molecule has 2 nitrogen and oxygen atoms in total. The Hall–Kier alpha value is -1.02. The third-order valence-electron chi connectivity index (χ3n) is 4.39. The molecule has 0 radical (unpaired) electrons. The molecule has 1 aromatic rings. The third-order valence-corrected chi connectivity index (χ3v) is 4.39. The van der Waals surface area contributed by atoms with Gasteiger partial charge in [-0.3, -0.25) is 0 Å². The van der Waals surface area contributed by atoms with Gasteiger partial charge in [0.2, 0.25) is 0 Å². The van der Waals surface area contributed by atoms with Crippen LogP contribution in [0.2, 0.25) is 0 Å². The highest BCUT2D eigenvalue weighted by molar-refractivity contribution is 5.44. The van der Waals surface area contributed by atoms with Crippen molar-refractivity contribution < 1.29 is 4.74 Å². The molecule has 0 saturated heterocycles. The van der Waals surface area contributed by atoms with Gasteiger partial charge in [0, 0.05) is 6.04 Å². The number of hydrogen-bond acceptors (Lipinski definition) is 2. The zero-order valence-corrected chi connectivity index (χ0v) is 14.8. The Morgan fingerprint density at radius 1 is 1.10 bits per heavy atom. The van der Waals surface area contributed by atoms with E-state index < -0.39 is 0 Å². The molecular formula is C19H33NO. The summed E-state index contributed by atoms with van der Waals surface area (Å²) in [5.41, 5.74) is 3.89. The van der Waals surface area contributed by atoms with E-state index >= 15 is 0 Å². The minimum atomic E-state index is 0.454. The Bertz CT molecular complexity index is 405. The minimum Gasteiger partial charge on any atom is -0.496 e. The Morgan fingerprint density at radius 3 is 2.14 bits per heavy atom. The Morgan fingerprint density at radius 2 is 1.71 bits per heavy atom. The van der Waals surface area contributed by atoms with Crippen molar-refractivity contribution in [2.45, 2.75) is 66.3 Å². The molecule has 1 N–H and O–H groups in total. The molecule has 0 aliphatic heterocycles. The molecule has 2 unspecified atom stereocenters. The maximum Gasteiger partial charge on any atom is 0.124 e. The lowest BCUT2D eigenvalue weighted by molar-refractivity contribution is 0.327. The first-order valence-corrected chi connectivity index (χ1v) is 8.47. The van der Waals surface area contributed by atoms with E-state index in [1.165, 1.54) is 42.4 Å². The first kappa shape index (κ1) is 18.0. The average Bonchev–Trinajstić information content (AvgIpc) is 2.46. The Balaban J connectivity index is 3.09. The van der Waals surface area contributed by atoms with Crippen LogP contribution < -0.4 is 10.1 Å². The van der Waals surface area contributed by atoms with Crippen LogP contribution in [-0.4, -0.2) is 13.7 Å². The molecule has 1 aromatic carbocycles. The molecule has 0 aromatic heterocycles. The van der Waals surface area contributed by atoms with Crippen LogP contribution in [0.1, 0.15) is 69.2 Å². The van der Waals surface area contributed by atoms with Gasteiger partial charge in [0.05, 0.1) is 7.11 Å². The van der Waals surface area contributed by atoms with E-state index in [0.29, 0.717) is 12.0 Å². The Kier molecular flexibility index (Phi) is 7.81. The van der Waals surface area contributed by atoms with Crippen LogP contribution in [0.15, 0.2) is 12.1 Å². The lowest BCUT2D eigenvalue weighted by atomic mass is 9.85. The maximum atomic E-state index is 5.50. The van der Waals surface area contributed by atoms with E-state index in [1.807, 2.05) is 0 Å². The van der Waals surface area contributed by atoms with Crippen LogP contribution >= 0.6 is 0 Å². The Labute approximate surface area is 131 Å². The van der Waals surface area contributed by atoms with Gasteiger partial charge in [-0.05, 0) is 49.4 Å². The number of ether oxygens (including phenoxy) is 1. The fraction of sp³-hybridized carbons (Fsp3) is 0.684. The van der Waals surface area contributed by atoms with E-state index in [2.05, 4.69) is 52.1 Å². The van der Waals surface area contributed by atoms with Crippen LogP contribution in [0, 0.1) is 19.8 Å². The van der Waals surface area contributed by atoms with Gasteiger partial charge in [-0.25, -0.2) is 0 Å². The molecule has 0 bridgehead atoms. The number of rotatable bonds is 9. The highest BCUT2D eigenvalue weighted by Gasteiger charge is 2.22. The predicted octanol–water partition coefficient (Wildman–Crippen LogP) is 5.18. The van der Waals surface area contributed by atoms with Crippen molar-refractivity contribution in [3.05, 3.63) is 28.8 Å². The van der Waals surface area contributed by atoms with Gasteiger partial charge < -0.3 is 10.1 Å². The molecule has 0 heterocycles. The molecule has 0 saturated carbocycles. The van der Waals surface area contributed by atoms with Gasteiger partial charge >= 0.3 is 0 Å². The monoisotopic (exact) mass is 291 g/mol. The quantitative estimate of drug-likeness (QED) is 0.677. The van der Waals surface area contributed by atoms with Gasteiger partial charge in [-0.1, -0.05) is 52.2 Å². The summed E-state index contributed by atoms with van der Waals surface area (Å²) in [4.78, 5) is 0. The molecule has 0 spiro atoms. The first-order chi connectivity index (χ1) is 10.1. The van der Waals surface area contributed by atoms with Gasteiger partial charge in [0.25, 0.3) is 0 Å². The second kappa shape index (κ2) is 9.09. The molecule has 0 fully saturated rings. The molecule has 1 rings (SSSR count). The molecular weight excluding hydrogens is 258 g/mol. The number of benzene rings is 1.